The first-order valence-electron chi connectivity index (χ1n) is 9.01. The van der Waals surface area contributed by atoms with E-state index >= 15 is 0 Å². The molecule has 29 heavy (non-hydrogen) atoms. The van der Waals surface area contributed by atoms with Crippen molar-refractivity contribution in [3.63, 3.8) is 0 Å². The van der Waals surface area contributed by atoms with Crippen LogP contribution in [0.3, 0.4) is 0 Å². The Hall–Kier alpha value is -3.47. The van der Waals surface area contributed by atoms with E-state index in [9.17, 15) is 20.0 Å². The number of ether oxygens (including phenoxy) is 3. The molecule has 3 N–H and O–H groups in total. The molecule has 0 amide bonds. The molecule has 1 aromatic carbocycles. The molecule has 154 valence electrons. The lowest BCUT2D eigenvalue weighted by atomic mass is 9.82. The smallest absolute Gasteiger partial charge is 0.338 e. The van der Waals surface area contributed by atoms with Gasteiger partial charge in [-0.25, -0.2) is 9.59 Å². The molecule has 0 aromatic heterocycles. The largest absolute Gasteiger partial charge is 0.508 e. The molecule has 1 aliphatic heterocycles. The summed E-state index contributed by atoms with van der Waals surface area (Å²) in [7, 11) is 0. The number of hydrogen-bond donors (Lipinski definition) is 2. The molecule has 8 nitrogen and oxygen atoms in total. The van der Waals surface area contributed by atoms with Gasteiger partial charge in [0.2, 0.25) is 5.88 Å². The van der Waals surface area contributed by atoms with E-state index in [0.29, 0.717) is 0 Å². The van der Waals surface area contributed by atoms with Crippen LogP contribution in [0, 0.1) is 11.3 Å². The lowest BCUT2D eigenvalue weighted by Gasteiger charge is -2.27. The molecule has 0 aliphatic carbocycles. The van der Waals surface area contributed by atoms with E-state index in [1.165, 1.54) is 25.1 Å². The highest BCUT2D eigenvalue weighted by atomic mass is 16.6. The van der Waals surface area contributed by atoms with Crippen molar-refractivity contribution in [1.29, 1.82) is 5.26 Å². The summed E-state index contributed by atoms with van der Waals surface area (Å²) in [6.07, 6.45) is 0. The van der Waals surface area contributed by atoms with Gasteiger partial charge < -0.3 is 25.1 Å². The second-order valence-corrected chi connectivity index (χ2v) is 7.39. The number of aromatic hydroxyl groups is 1. The number of allylic oxidation sites excluding steroid dienone is 2. The third-order valence-electron chi connectivity index (χ3n) is 4.07. The van der Waals surface area contributed by atoms with Crippen LogP contribution in [-0.4, -0.2) is 29.3 Å². The third-order valence-corrected chi connectivity index (χ3v) is 4.07. The predicted molar refractivity (Wildman–Crippen MR) is 103 cm³/mol. The predicted octanol–water partition coefficient (Wildman–Crippen LogP) is 2.99. The SMILES string of the molecule is CCOC(=O)C1=C(C)OC(N)=C(C#N)C1c1cc(C(=O)OC(C)(C)C)ccc1O. The van der Waals surface area contributed by atoms with Gasteiger partial charge in [0, 0.05) is 5.56 Å². The van der Waals surface area contributed by atoms with Crippen LogP contribution in [0.1, 0.15) is 56.5 Å². The molecule has 1 atom stereocenters. The highest BCUT2D eigenvalue weighted by Gasteiger charge is 2.38. The first kappa shape index (κ1) is 21.8. The number of carbonyl (C=O) groups excluding carboxylic acids is 2. The molecule has 2 rings (SSSR count). The minimum atomic E-state index is -1.06. The Morgan fingerprint density at radius 2 is 1.97 bits per heavy atom. The maximum atomic E-state index is 12.6. The van der Waals surface area contributed by atoms with Crippen molar-refractivity contribution in [3.05, 3.63) is 52.1 Å². The fraction of sp³-hybridized carbons (Fsp3) is 0.381. The summed E-state index contributed by atoms with van der Waals surface area (Å²) in [5, 5.41) is 20.1. The summed E-state index contributed by atoms with van der Waals surface area (Å²) in [6.45, 7) is 8.44. The van der Waals surface area contributed by atoms with Gasteiger partial charge in [-0.15, -0.1) is 0 Å². The molecule has 1 aromatic rings. The highest BCUT2D eigenvalue weighted by Crippen LogP contribution is 2.43. The van der Waals surface area contributed by atoms with Crippen LogP contribution in [-0.2, 0) is 19.0 Å². The lowest BCUT2D eigenvalue weighted by molar-refractivity contribution is -0.139. The van der Waals surface area contributed by atoms with Crippen molar-refractivity contribution in [2.45, 2.75) is 46.1 Å². The van der Waals surface area contributed by atoms with Crippen molar-refractivity contribution in [3.8, 4) is 11.8 Å². The molecule has 1 aliphatic rings. The number of benzene rings is 1. The van der Waals surface area contributed by atoms with Crippen LogP contribution in [0.15, 0.2) is 41.0 Å². The number of nitrogens with zero attached hydrogens (tertiary/aromatic N) is 1. The number of phenolic OH excluding ortho intramolecular Hbond substituents is 1. The van der Waals surface area contributed by atoms with E-state index in [1.807, 2.05) is 6.07 Å². The van der Waals surface area contributed by atoms with Gasteiger partial charge in [0.25, 0.3) is 0 Å². The zero-order chi connectivity index (χ0) is 21.9. The van der Waals surface area contributed by atoms with E-state index in [-0.39, 0.29) is 46.3 Å². The van der Waals surface area contributed by atoms with Crippen LogP contribution in [0.5, 0.6) is 5.75 Å². The van der Waals surface area contributed by atoms with E-state index in [1.54, 1.807) is 27.7 Å². The maximum absolute atomic E-state index is 12.6. The van der Waals surface area contributed by atoms with Crippen molar-refractivity contribution in [2.75, 3.05) is 6.61 Å². The second kappa shape index (κ2) is 8.27. The summed E-state index contributed by atoms with van der Waals surface area (Å²) >= 11 is 0. The standard InChI is InChI=1S/C21H24N2O6/c1-6-27-20(26)16-11(2)28-18(23)14(10-22)17(16)13-9-12(7-8-15(13)24)19(25)29-21(3,4)5/h7-9,17,24H,6,23H2,1-5H3. The quantitative estimate of drug-likeness (QED) is 0.737. The van der Waals surface area contributed by atoms with Crippen molar-refractivity contribution >= 4 is 11.9 Å². The highest BCUT2D eigenvalue weighted by molar-refractivity contribution is 5.94. The minimum Gasteiger partial charge on any atom is -0.508 e. The van der Waals surface area contributed by atoms with Crippen LogP contribution in [0.25, 0.3) is 0 Å². The molecule has 0 saturated heterocycles. The fourth-order valence-electron chi connectivity index (χ4n) is 2.92. The van der Waals surface area contributed by atoms with Crippen molar-refractivity contribution in [1.82, 2.24) is 0 Å². The summed E-state index contributed by atoms with van der Waals surface area (Å²) in [5.74, 6) is -2.65. The Labute approximate surface area is 169 Å². The molecule has 0 radical (unpaired) electrons. The molecule has 1 heterocycles. The molecule has 0 spiro atoms. The number of rotatable bonds is 4. The number of carbonyl (C=O) groups is 2. The van der Waals surface area contributed by atoms with Crippen LogP contribution in [0.4, 0.5) is 0 Å². The van der Waals surface area contributed by atoms with Gasteiger partial charge in [-0.05, 0) is 52.8 Å². The summed E-state index contributed by atoms with van der Waals surface area (Å²) in [4.78, 5) is 25.0. The third kappa shape index (κ3) is 4.69. The molecular weight excluding hydrogens is 376 g/mol. The molecule has 0 saturated carbocycles. The van der Waals surface area contributed by atoms with Crippen LogP contribution >= 0.6 is 0 Å². The van der Waals surface area contributed by atoms with Gasteiger partial charge in [-0.1, -0.05) is 0 Å². The van der Waals surface area contributed by atoms with Gasteiger partial charge in [0.05, 0.1) is 23.7 Å². The zero-order valence-corrected chi connectivity index (χ0v) is 17.0. The first-order valence-corrected chi connectivity index (χ1v) is 9.01. The van der Waals surface area contributed by atoms with Crippen molar-refractivity contribution < 1.29 is 28.9 Å². The summed E-state index contributed by atoms with van der Waals surface area (Å²) in [5.41, 5.74) is 5.37. The Morgan fingerprint density at radius 1 is 1.31 bits per heavy atom. The Morgan fingerprint density at radius 3 is 2.52 bits per heavy atom. The zero-order valence-electron chi connectivity index (χ0n) is 17.0. The van der Waals surface area contributed by atoms with E-state index in [2.05, 4.69) is 0 Å². The fourth-order valence-corrected chi connectivity index (χ4v) is 2.92. The van der Waals surface area contributed by atoms with Gasteiger partial charge in [-0.3, -0.25) is 0 Å². The number of nitrogens with two attached hydrogens (primary N) is 1. The molecule has 1 unspecified atom stereocenters. The topological polar surface area (TPSA) is 132 Å². The number of nitriles is 1. The Balaban J connectivity index is 2.65. The van der Waals surface area contributed by atoms with Gasteiger partial charge in [0.15, 0.2) is 0 Å². The number of phenols is 1. The normalized spacial score (nSPS) is 16.8. The average molecular weight is 400 g/mol. The lowest BCUT2D eigenvalue weighted by Crippen LogP contribution is -2.26. The number of esters is 2. The molecular formula is C21H24N2O6. The maximum Gasteiger partial charge on any atom is 0.338 e. The Kier molecular flexibility index (Phi) is 6.22. The average Bonchev–Trinajstić information content (AvgIpc) is 2.60. The van der Waals surface area contributed by atoms with Crippen LogP contribution < -0.4 is 5.73 Å². The Bertz CT molecular complexity index is 947. The molecule has 0 bridgehead atoms. The summed E-state index contributed by atoms with van der Waals surface area (Å²) in [6, 6.07) is 5.99. The van der Waals surface area contributed by atoms with E-state index in [4.69, 9.17) is 19.9 Å². The van der Waals surface area contributed by atoms with Crippen LogP contribution in [0.2, 0.25) is 0 Å². The molecule has 0 fully saturated rings. The van der Waals surface area contributed by atoms with E-state index < -0.39 is 23.5 Å². The summed E-state index contributed by atoms with van der Waals surface area (Å²) < 4.78 is 15.8. The molecule has 8 heteroatoms. The second-order valence-electron chi connectivity index (χ2n) is 7.39. The number of hydrogen-bond acceptors (Lipinski definition) is 8. The van der Waals surface area contributed by atoms with Crippen molar-refractivity contribution in [2.24, 2.45) is 5.73 Å². The first-order chi connectivity index (χ1) is 13.5. The minimum absolute atomic E-state index is 0.0224. The van der Waals surface area contributed by atoms with Gasteiger partial charge >= 0.3 is 11.9 Å². The van der Waals surface area contributed by atoms with Gasteiger partial charge in [0.1, 0.15) is 28.8 Å². The van der Waals surface area contributed by atoms with E-state index in [0.717, 1.165) is 0 Å². The monoisotopic (exact) mass is 400 g/mol. The van der Waals surface area contributed by atoms with Gasteiger partial charge in [-0.2, -0.15) is 5.26 Å².